The van der Waals surface area contributed by atoms with Crippen LogP contribution in [-0.2, 0) is 25.7 Å². The van der Waals surface area contributed by atoms with Gasteiger partial charge in [-0.15, -0.1) is 113 Å². The summed E-state index contributed by atoms with van der Waals surface area (Å²) < 4.78 is 51.1. The van der Waals surface area contributed by atoms with E-state index in [2.05, 4.69) is 178 Å². The van der Waals surface area contributed by atoms with Crippen LogP contribution in [0.2, 0.25) is 0 Å². The van der Waals surface area contributed by atoms with Crippen molar-refractivity contribution in [1.29, 1.82) is 0 Å². The molecule has 15 aromatic rings. The summed E-state index contributed by atoms with van der Waals surface area (Å²) in [5, 5.41) is 4.70. The van der Waals surface area contributed by atoms with Gasteiger partial charge in [0, 0.05) is 163 Å². The van der Waals surface area contributed by atoms with E-state index < -0.39 is 11.6 Å². The Hall–Kier alpha value is -5.40. The number of rotatable bonds is 33. The minimum atomic E-state index is -0.407. The second-order valence-electron chi connectivity index (χ2n) is 29.2. The Morgan fingerprint density at radius 2 is 0.629 bits per heavy atom. The third-order valence-electron chi connectivity index (χ3n) is 21.9. The van der Waals surface area contributed by atoms with Gasteiger partial charge in [0.05, 0.1) is 11.7 Å². The maximum Gasteiger partial charge on any atom is 0.132 e. The highest BCUT2D eigenvalue weighted by atomic mass is 32.1. The van der Waals surface area contributed by atoms with E-state index in [9.17, 15) is 0 Å². The molecule has 4 unspecified atom stereocenters. The predicted molar refractivity (Wildman–Crippen MR) is 473 cm³/mol. The molecule has 15 rings (SSSR count). The summed E-state index contributed by atoms with van der Waals surface area (Å²) in [6, 6.07) is 44.7. The van der Waals surface area contributed by atoms with Gasteiger partial charge in [0.2, 0.25) is 0 Å². The quantitative estimate of drug-likeness (QED) is 0.0410. The first kappa shape index (κ1) is 75.0. The number of aromatic nitrogens is 2. The van der Waals surface area contributed by atoms with Crippen LogP contribution in [0.1, 0.15) is 187 Å². The minimum absolute atomic E-state index is 0.305. The number of unbranched alkanes of at least 4 members (excludes halogenated alkanes) is 4. The van der Waals surface area contributed by atoms with Crippen LogP contribution in [0.15, 0.2) is 121 Å². The lowest BCUT2D eigenvalue weighted by molar-refractivity contribution is 0.452. The molecule has 0 radical (unpaired) electrons. The smallest absolute Gasteiger partial charge is 0.132 e. The van der Waals surface area contributed by atoms with Crippen LogP contribution in [0.5, 0.6) is 0 Å². The second kappa shape index (κ2) is 33.4. The molecular formula is C90H94F2N2S11. The van der Waals surface area contributed by atoms with Gasteiger partial charge < -0.3 is 0 Å². The van der Waals surface area contributed by atoms with Gasteiger partial charge in [-0.2, -0.15) is 8.75 Å². The molecular weight excluding hydrogens is 1500 g/mol. The predicted octanol–water partition coefficient (Wildman–Crippen LogP) is 33.9. The zero-order valence-corrected chi connectivity index (χ0v) is 71.1. The standard InChI is InChI=1S/C90H94F2N2S11/c1-11-19-23-53(15-5)42-57-28-35-74(97-57)81-65-41-52(10)96-87(65)82(75-36-29-58(98-75)43-54(16-6)24-20-12-2)66-48-78(102-88(66)81)63-46-70(92)64(47-69(63)91)79-49-67-83(76-37-30-59(99-76)44-55(17-7)25-21-13-3)90-68(84(89(67)103-79)77-38-31-60(100-77)45-56(18-8)26-22-14-4)50-80(104-90)73-40-39-72(101-73)62-33-32-61(71-34-27-51(9)95-71)85-86(62)94-105-93-85/h27-41,46-50,53-56H,11-26,42-45H2,1-10H3. The number of thiophene rings is 10. The summed E-state index contributed by atoms with van der Waals surface area (Å²) in [6.45, 7) is 23.0. The lowest BCUT2D eigenvalue weighted by atomic mass is 9.95. The van der Waals surface area contributed by atoms with Crippen LogP contribution in [-0.4, -0.2) is 8.75 Å². The number of nitrogens with zero attached hydrogens (tertiary/aromatic N) is 2. The van der Waals surface area contributed by atoms with E-state index in [1.165, 1.54) is 224 Å². The zero-order valence-electron chi connectivity index (χ0n) is 62.1. The van der Waals surface area contributed by atoms with Gasteiger partial charge in [-0.1, -0.05) is 170 Å². The van der Waals surface area contributed by atoms with Crippen molar-refractivity contribution in [3.8, 4) is 93.3 Å². The lowest BCUT2D eigenvalue weighted by Crippen LogP contribution is -2.01. The van der Waals surface area contributed by atoms with E-state index in [1.54, 1.807) is 34.0 Å². The first-order chi connectivity index (χ1) is 51.3. The molecule has 0 amide bonds. The summed E-state index contributed by atoms with van der Waals surface area (Å²) in [4.78, 5) is 19.5. The maximum atomic E-state index is 18.3. The van der Waals surface area contributed by atoms with Crippen LogP contribution in [0.3, 0.4) is 0 Å². The second-order valence-corrected chi connectivity index (χ2v) is 41.2. The van der Waals surface area contributed by atoms with E-state index in [-0.39, 0.29) is 0 Å². The minimum Gasteiger partial charge on any atom is -0.206 e. The van der Waals surface area contributed by atoms with Crippen LogP contribution >= 0.6 is 125 Å². The fourth-order valence-corrected chi connectivity index (χ4v) is 28.2. The normalized spacial score (nSPS) is 13.4. The summed E-state index contributed by atoms with van der Waals surface area (Å²) in [7, 11) is 0. The molecule has 0 aliphatic carbocycles. The van der Waals surface area contributed by atoms with Gasteiger partial charge in [-0.05, 0) is 172 Å². The average Bonchev–Trinajstić information content (AvgIpc) is 1.57. The Balaban J connectivity index is 0.886. The SMILES string of the molecule is CCCCC(CC)Cc1ccc(-c2c3cc(-c4cc(F)c(-c5cc6c(-c7ccc(CC(CC)CCCC)s7)c7sc(-c8ccc(-c9ccc(-c%10ccc(C)s%10)c%10nsnc9%10)s8)cc7c(-c7ccc(CC(CC)CCCC)s7)c6s5)cc4F)sc3c(-c3ccc(CC(CC)CCCC)s3)c3cc(C)sc23)s1. The number of benzene rings is 4. The summed E-state index contributed by atoms with van der Waals surface area (Å²) in [6.07, 6.45) is 23.7. The Labute approximate surface area is 664 Å². The van der Waals surface area contributed by atoms with Gasteiger partial charge in [0.15, 0.2) is 0 Å². The van der Waals surface area contributed by atoms with E-state index in [1.807, 2.05) is 79.4 Å². The van der Waals surface area contributed by atoms with E-state index in [0.717, 1.165) is 90.6 Å². The number of fused-ring (bicyclic) bond motifs is 5. The molecule has 0 aliphatic rings. The summed E-state index contributed by atoms with van der Waals surface area (Å²) in [5.74, 6) is 1.73. The van der Waals surface area contributed by atoms with Crippen molar-refractivity contribution in [2.45, 2.75) is 198 Å². The molecule has 4 atom stereocenters. The van der Waals surface area contributed by atoms with Gasteiger partial charge in [0.25, 0.3) is 0 Å². The molecule has 11 aromatic heterocycles. The number of aryl methyl sites for hydroxylation is 2. The molecule has 105 heavy (non-hydrogen) atoms. The number of hydrogen-bond acceptors (Lipinski definition) is 13. The first-order valence-corrected chi connectivity index (χ1v) is 47.5. The molecule has 0 saturated carbocycles. The van der Waals surface area contributed by atoms with Gasteiger partial charge >= 0.3 is 0 Å². The third kappa shape index (κ3) is 15.5. The Bertz CT molecular complexity index is 5290. The van der Waals surface area contributed by atoms with E-state index in [0.29, 0.717) is 34.8 Å². The summed E-state index contributed by atoms with van der Waals surface area (Å²) >= 11 is 19.6. The maximum absolute atomic E-state index is 18.3. The Morgan fingerprint density at radius 3 is 1.00 bits per heavy atom. The molecule has 0 N–H and O–H groups in total. The highest BCUT2D eigenvalue weighted by molar-refractivity contribution is 7.29. The van der Waals surface area contributed by atoms with Crippen LogP contribution in [0.4, 0.5) is 8.78 Å². The fourth-order valence-electron chi connectivity index (χ4n) is 15.8. The van der Waals surface area contributed by atoms with Gasteiger partial charge in [-0.3, -0.25) is 0 Å². The molecule has 0 aliphatic heterocycles. The van der Waals surface area contributed by atoms with Gasteiger partial charge in [0.1, 0.15) is 22.7 Å². The molecule has 15 heteroatoms. The van der Waals surface area contributed by atoms with Crippen molar-refractivity contribution in [3.63, 3.8) is 0 Å². The molecule has 2 nitrogen and oxygen atoms in total. The Kier molecular flexibility index (Phi) is 23.9. The Morgan fingerprint density at radius 1 is 0.295 bits per heavy atom. The van der Waals surface area contributed by atoms with Crippen LogP contribution in [0.25, 0.3) is 145 Å². The largest absolute Gasteiger partial charge is 0.206 e. The van der Waals surface area contributed by atoms with Crippen molar-refractivity contribution in [3.05, 3.63) is 162 Å². The van der Waals surface area contributed by atoms with Crippen molar-refractivity contribution >= 4 is 176 Å². The van der Waals surface area contributed by atoms with Crippen LogP contribution in [0, 0.1) is 49.2 Å². The van der Waals surface area contributed by atoms with Crippen molar-refractivity contribution in [1.82, 2.24) is 8.75 Å². The molecule has 0 fully saturated rings. The molecule has 0 bridgehead atoms. The fraction of sp³-hybridized carbons (Fsp3) is 0.378. The highest BCUT2D eigenvalue weighted by Crippen LogP contribution is 2.58. The number of halogens is 2. The summed E-state index contributed by atoms with van der Waals surface area (Å²) in [5.41, 5.74) is 9.60. The van der Waals surface area contributed by atoms with E-state index in [4.69, 9.17) is 8.75 Å². The molecule has 0 saturated heterocycles. The average molecular weight is 1590 g/mol. The molecule has 0 spiro atoms. The van der Waals surface area contributed by atoms with Crippen LogP contribution < -0.4 is 0 Å². The molecule has 544 valence electrons. The third-order valence-corrected chi connectivity index (χ3v) is 33.9. The van der Waals surface area contributed by atoms with Crippen molar-refractivity contribution in [2.75, 3.05) is 0 Å². The monoisotopic (exact) mass is 1590 g/mol. The van der Waals surface area contributed by atoms with Crippen molar-refractivity contribution in [2.24, 2.45) is 23.7 Å². The highest BCUT2D eigenvalue weighted by Gasteiger charge is 2.30. The zero-order chi connectivity index (χ0) is 72.6. The van der Waals surface area contributed by atoms with Gasteiger partial charge in [-0.25, -0.2) is 8.78 Å². The molecule has 4 aromatic carbocycles. The lowest BCUT2D eigenvalue weighted by Gasteiger charge is -2.13. The van der Waals surface area contributed by atoms with E-state index >= 15 is 8.78 Å². The first-order valence-electron chi connectivity index (χ1n) is 38.6. The number of hydrogen-bond donors (Lipinski definition) is 0. The topological polar surface area (TPSA) is 25.8 Å². The molecule has 11 heterocycles. The van der Waals surface area contributed by atoms with Crippen molar-refractivity contribution < 1.29 is 8.78 Å².